The van der Waals surface area contributed by atoms with Crippen LogP contribution >= 0.6 is 0 Å². The first-order chi connectivity index (χ1) is 9.55. The molecule has 2 aromatic rings. The monoisotopic (exact) mass is 182 g/mol. The van der Waals surface area contributed by atoms with Crippen LogP contribution in [0.4, 0.5) is 5.69 Å². The van der Waals surface area contributed by atoms with Crippen LogP contribution in [-0.4, -0.2) is 14.5 Å². The Morgan fingerprint density at radius 1 is 1.62 bits per heavy atom. The number of rotatable bonds is 1. The third-order valence-corrected chi connectivity index (χ3v) is 1.35. The molecule has 0 spiro atoms. The number of hydrogen-bond donors (Lipinski definition) is 1. The molecule has 0 aliphatic rings. The maximum absolute atomic E-state index is 7.81. The summed E-state index contributed by atoms with van der Waals surface area (Å²) in [6.45, 7) is -2.68. The fourth-order valence-electron chi connectivity index (χ4n) is 0.819. The topological polar surface area (TPSA) is 56.7 Å². The lowest BCUT2D eigenvalue weighted by molar-refractivity contribution is 0.997. The molecule has 2 heterocycles. The maximum Gasteiger partial charge on any atom is 0.161 e. The van der Waals surface area contributed by atoms with Gasteiger partial charge < -0.3 is 5.73 Å². The number of imidazole rings is 1. The van der Waals surface area contributed by atoms with Crippen LogP contribution in [0.25, 0.3) is 5.82 Å². The molecule has 66 valence electrons. The number of nitrogens with zero attached hydrogens (tertiary/aromatic N) is 3. The second kappa shape index (κ2) is 2.90. The van der Waals surface area contributed by atoms with Crippen molar-refractivity contribution in [2.75, 3.05) is 5.73 Å². The number of hydrogen-bond acceptors (Lipinski definition) is 3. The Bertz CT molecular complexity index is 720. The lowest BCUT2D eigenvalue weighted by Crippen LogP contribution is -1.99. The largest absolute Gasteiger partial charge is 0.396 e. The van der Waals surface area contributed by atoms with Gasteiger partial charge in [0.2, 0.25) is 0 Å². The first kappa shape index (κ1) is 2.83. The van der Waals surface area contributed by atoms with Gasteiger partial charge in [0.25, 0.3) is 0 Å². The van der Waals surface area contributed by atoms with Gasteiger partial charge >= 0.3 is 0 Å². The smallest absolute Gasteiger partial charge is 0.161 e. The quantitative estimate of drug-likeness (QED) is 0.720. The Balaban J connectivity index is 2.78. The molecular weight excluding hydrogens is 164 g/mol. The van der Waals surface area contributed by atoms with Gasteiger partial charge in [-0.3, -0.25) is 4.57 Å². The van der Waals surface area contributed by atoms with Crippen LogP contribution in [0.2, 0.25) is 0 Å². The predicted molar refractivity (Wildman–Crippen MR) is 50.5 cm³/mol. The van der Waals surface area contributed by atoms with E-state index in [1.807, 2.05) is 0 Å². The zero-order valence-electron chi connectivity index (χ0n) is 14.4. The van der Waals surface area contributed by atoms with Crippen LogP contribution in [0.5, 0.6) is 0 Å². The molecule has 13 heavy (non-hydrogen) atoms. The molecule has 2 rings (SSSR count). The van der Waals surface area contributed by atoms with Crippen molar-refractivity contribution in [2.24, 2.45) is 0 Å². The second-order valence-corrected chi connectivity index (χ2v) is 2.22. The Morgan fingerprint density at radius 3 is 3.31 bits per heavy atom. The van der Waals surface area contributed by atoms with Gasteiger partial charge in [0.1, 0.15) is 7.67 Å². The number of aromatic nitrogens is 3. The zero-order chi connectivity index (χ0) is 16.1. The Hall–Kier alpha value is -1.84. The summed E-state index contributed by atoms with van der Waals surface area (Å²) in [6.07, 6.45) is -1.77. The molecule has 2 aromatic heterocycles. The molecule has 4 heteroatoms. The van der Waals surface area contributed by atoms with E-state index >= 15 is 0 Å². The van der Waals surface area contributed by atoms with Crippen LogP contribution in [0.15, 0.2) is 30.7 Å². The van der Waals surface area contributed by atoms with Crippen molar-refractivity contribution in [3.63, 3.8) is 0 Å². The zero-order valence-corrected chi connectivity index (χ0v) is 6.42. The van der Waals surface area contributed by atoms with E-state index in [9.17, 15) is 0 Å². The highest BCUT2D eigenvalue weighted by molar-refractivity contribution is 5.52. The van der Waals surface area contributed by atoms with Crippen molar-refractivity contribution in [1.82, 2.24) is 14.5 Å². The molecule has 0 fully saturated rings. The summed E-state index contributed by atoms with van der Waals surface area (Å²) in [7, 11) is 0. The molecule has 0 saturated heterocycles. The van der Waals surface area contributed by atoms with Crippen LogP contribution in [0.3, 0.4) is 0 Å². The van der Waals surface area contributed by atoms with Crippen LogP contribution in [-0.2, 0) is 0 Å². The van der Waals surface area contributed by atoms with Gasteiger partial charge in [-0.2, -0.15) is 0 Å². The Labute approximate surface area is 87.3 Å². The van der Waals surface area contributed by atoms with Crippen molar-refractivity contribution in [1.29, 1.82) is 0 Å². The molecule has 0 aliphatic heterocycles. The SMILES string of the molecule is [2H]c1nc(-n2c([2H])nc(C([2H])([2H])[2H])c2[2H])c(N)c([2H])c1[2H]. The predicted octanol–water partition coefficient (Wildman–Crippen LogP) is 1.16. The van der Waals surface area contributed by atoms with E-state index in [2.05, 4.69) is 9.97 Å². The van der Waals surface area contributed by atoms with E-state index in [-0.39, 0.29) is 11.5 Å². The Morgan fingerprint density at radius 2 is 2.54 bits per heavy atom. The second-order valence-electron chi connectivity index (χ2n) is 2.22. The normalized spacial score (nSPS) is 20.0. The summed E-state index contributed by atoms with van der Waals surface area (Å²) in [4.78, 5) is 7.15. The van der Waals surface area contributed by atoms with E-state index in [4.69, 9.17) is 16.7 Å². The Kier molecular flexibility index (Phi) is 0.631. The average molecular weight is 182 g/mol. The molecule has 0 atom stereocenters. The van der Waals surface area contributed by atoms with Crippen molar-refractivity contribution >= 4 is 5.69 Å². The highest BCUT2D eigenvalue weighted by Crippen LogP contribution is 2.12. The molecule has 0 aromatic carbocycles. The molecular formula is C9H10N4. The van der Waals surface area contributed by atoms with E-state index in [0.29, 0.717) is 0 Å². The van der Waals surface area contributed by atoms with Gasteiger partial charge in [0.05, 0.1) is 16.9 Å². The fourth-order valence-corrected chi connectivity index (χ4v) is 0.819. The van der Waals surface area contributed by atoms with Crippen LogP contribution < -0.4 is 5.73 Å². The van der Waals surface area contributed by atoms with Gasteiger partial charge in [-0.25, -0.2) is 9.97 Å². The molecule has 0 radical (unpaired) electrons. The molecule has 0 amide bonds. The molecule has 2 N–H and O–H groups in total. The summed E-state index contributed by atoms with van der Waals surface area (Å²) in [5.41, 5.74) is 4.71. The summed E-state index contributed by atoms with van der Waals surface area (Å²) in [5, 5.41) is 0. The minimum Gasteiger partial charge on any atom is -0.396 e. The number of anilines is 1. The fraction of sp³-hybridized carbons (Fsp3) is 0.111. The van der Waals surface area contributed by atoms with Gasteiger partial charge in [-0.1, -0.05) is 0 Å². The standard InChI is InChI=1S/C9H10N4/c1-7-5-13(6-12-7)9-8(10)3-2-4-11-9/h2-6H,10H2,1H3/i1D3,2D,3D,4D,5D,6D. The average Bonchev–Trinajstić information content (AvgIpc) is 2.67. The minimum atomic E-state index is -2.68. The number of pyridine rings is 1. The summed E-state index contributed by atoms with van der Waals surface area (Å²) in [5.74, 6) is -0.320. The summed E-state index contributed by atoms with van der Waals surface area (Å²) in [6, 6.07) is -0.974. The van der Waals surface area contributed by atoms with E-state index in [0.717, 1.165) is 4.57 Å². The highest BCUT2D eigenvalue weighted by atomic mass is 15.1. The van der Waals surface area contributed by atoms with Crippen molar-refractivity contribution in [3.8, 4) is 5.82 Å². The minimum absolute atomic E-state index is 0.320. The third-order valence-electron chi connectivity index (χ3n) is 1.35. The van der Waals surface area contributed by atoms with E-state index < -0.39 is 43.3 Å². The van der Waals surface area contributed by atoms with Gasteiger partial charge in [-0.15, -0.1) is 0 Å². The lowest BCUT2D eigenvalue weighted by Gasteiger charge is -2.02. The van der Waals surface area contributed by atoms with Gasteiger partial charge in [-0.05, 0) is 18.9 Å². The number of nitrogens with two attached hydrogens (primary N) is 1. The molecule has 0 bridgehead atoms. The van der Waals surface area contributed by atoms with E-state index in [1.165, 1.54) is 0 Å². The van der Waals surface area contributed by atoms with Crippen LogP contribution in [0, 0.1) is 6.85 Å². The lowest BCUT2D eigenvalue weighted by atomic mass is 10.4. The number of aryl methyl sites for hydroxylation is 1. The maximum atomic E-state index is 7.81. The van der Waals surface area contributed by atoms with Gasteiger partial charge in [0, 0.05) is 16.5 Å². The van der Waals surface area contributed by atoms with Crippen molar-refractivity contribution in [3.05, 3.63) is 36.4 Å². The van der Waals surface area contributed by atoms with Crippen LogP contribution in [0.1, 0.15) is 16.7 Å². The highest BCUT2D eigenvalue weighted by Gasteiger charge is 2.01. The van der Waals surface area contributed by atoms with Crippen molar-refractivity contribution < 1.29 is 11.0 Å². The first-order valence-corrected chi connectivity index (χ1v) is 3.35. The molecule has 4 nitrogen and oxygen atoms in total. The molecule has 0 saturated carbocycles. The molecule has 0 unspecified atom stereocenters. The third kappa shape index (κ3) is 1.38. The summed E-state index contributed by atoms with van der Waals surface area (Å²) < 4.78 is 60.5. The number of nitrogen functional groups attached to an aromatic ring is 1. The molecule has 0 aliphatic carbocycles. The van der Waals surface area contributed by atoms with Gasteiger partial charge in [0.15, 0.2) is 5.82 Å². The van der Waals surface area contributed by atoms with Crippen molar-refractivity contribution in [2.45, 2.75) is 6.85 Å². The summed E-state index contributed by atoms with van der Waals surface area (Å²) >= 11 is 0. The first-order valence-electron chi connectivity index (χ1n) is 7.35. The van der Waals surface area contributed by atoms with E-state index in [1.54, 1.807) is 0 Å².